The van der Waals surface area contributed by atoms with Crippen LogP contribution in [0.15, 0.2) is 36.5 Å². The van der Waals surface area contributed by atoms with Crippen LogP contribution < -0.4 is 0 Å². The summed E-state index contributed by atoms with van der Waals surface area (Å²) in [7, 11) is 0. The molecule has 1 N–H and O–H groups in total. The highest BCUT2D eigenvalue weighted by atomic mass is 16.3. The number of aromatic nitrogens is 2. The van der Waals surface area contributed by atoms with Crippen molar-refractivity contribution in [1.29, 1.82) is 0 Å². The molecule has 2 rings (SSSR count). The lowest BCUT2D eigenvalue weighted by atomic mass is 10.3. The first-order chi connectivity index (χ1) is 6.83. The summed E-state index contributed by atoms with van der Waals surface area (Å²) in [6.07, 6.45) is 2.49. The van der Waals surface area contributed by atoms with E-state index in [1.54, 1.807) is 10.9 Å². The van der Waals surface area contributed by atoms with E-state index in [-0.39, 0.29) is 5.88 Å². The predicted molar refractivity (Wildman–Crippen MR) is 54.6 cm³/mol. The van der Waals surface area contributed by atoms with Crippen LogP contribution in [0.4, 0.5) is 0 Å². The normalized spacial score (nSPS) is 10.4. The molecule has 0 bridgehead atoms. The smallest absolute Gasteiger partial charge is 0.217 e. The van der Waals surface area contributed by atoms with Gasteiger partial charge < -0.3 is 5.11 Å². The van der Waals surface area contributed by atoms with Gasteiger partial charge in [0, 0.05) is 5.56 Å². The lowest BCUT2D eigenvalue weighted by molar-refractivity contribution is 0.428. The lowest BCUT2D eigenvalue weighted by Gasteiger charge is -2.02. The van der Waals surface area contributed by atoms with Crippen LogP contribution in [0.5, 0.6) is 5.88 Å². The van der Waals surface area contributed by atoms with Crippen LogP contribution in [0.25, 0.3) is 5.69 Å². The fourth-order valence-electron chi connectivity index (χ4n) is 1.38. The summed E-state index contributed by atoms with van der Waals surface area (Å²) in [5.41, 5.74) is 1.75. The Balaban J connectivity index is 2.48. The van der Waals surface area contributed by atoms with Crippen LogP contribution in [-0.4, -0.2) is 14.9 Å². The molecule has 3 nitrogen and oxygen atoms in total. The molecule has 0 unspecified atom stereocenters. The third-order valence-corrected chi connectivity index (χ3v) is 2.20. The van der Waals surface area contributed by atoms with Crippen LogP contribution in [0, 0.1) is 0 Å². The van der Waals surface area contributed by atoms with E-state index < -0.39 is 0 Å². The van der Waals surface area contributed by atoms with Gasteiger partial charge in [0.2, 0.25) is 5.88 Å². The standard InChI is InChI=1S/C11H12N2O/c1-2-9-8-12-13(11(9)14)10-6-4-3-5-7-10/h3-8,14H,2H2,1H3. The Kier molecular flexibility index (Phi) is 2.23. The molecule has 0 saturated heterocycles. The molecule has 72 valence electrons. The van der Waals surface area contributed by atoms with Gasteiger partial charge in [0.25, 0.3) is 0 Å². The molecule has 1 aromatic heterocycles. The summed E-state index contributed by atoms with van der Waals surface area (Å²) in [5, 5.41) is 13.9. The summed E-state index contributed by atoms with van der Waals surface area (Å²) >= 11 is 0. The third kappa shape index (κ3) is 1.37. The topological polar surface area (TPSA) is 38.0 Å². The van der Waals surface area contributed by atoms with Crippen molar-refractivity contribution in [1.82, 2.24) is 9.78 Å². The number of rotatable bonds is 2. The molecule has 0 aliphatic carbocycles. The highest BCUT2D eigenvalue weighted by Gasteiger charge is 2.08. The molecule has 1 heterocycles. The Labute approximate surface area is 82.6 Å². The van der Waals surface area contributed by atoms with Crippen molar-refractivity contribution in [2.75, 3.05) is 0 Å². The Morgan fingerprint density at radius 2 is 2.00 bits per heavy atom. The zero-order valence-corrected chi connectivity index (χ0v) is 8.01. The number of nitrogens with zero attached hydrogens (tertiary/aromatic N) is 2. The summed E-state index contributed by atoms with van der Waals surface area (Å²) in [6.45, 7) is 1.99. The van der Waals surface area contributed by atoms with E-state index in [1.807, 2.05) is 37.3 Å². The van der Waals surface area contributed by atoms with Crippen molar-refractivity contribution in [3.8, 4) is 11.6 Å². The monoisotopic (exact) mass is 188 g/mol. The van der Waals surface area contributed by atoms with Gasteiger partial charge in [0.15, 0.2) is 0 Å². The largest absolute Gasteiger partial charge is 0.493 e. The van der Waals surface area contributed by atoms with Crippen molar-refractivity contribution < 1.29 is 5.11 Å². The SMILES string of the molecule is CCc1cnn(-c2ccccc2)c1O. The second-order valence-corrected chi connectivity index (χ2v) is 3.09. The highest BCUT2D eigenvalue weighted by molar-refractivity contribution is 5.37. The predicted octanol–water partition coefficient (Wildman–Crippen LogP) is 2.14. The molecule has 0 fully saturated rings. The molecular weight excluding hydrogens is 176 g/mol. The van der Waals surface area contributed by atoms with E-state index in [9.17, 15) is 5.11 Å². The van der Waals surface area contributed by atoms with Crippen molar-refractivity contribution >= 4 is 0 Å². The molecule has 3 heteroatoms. The Bertz CT molecular complexity index is 420. The molecule has 0 spiro atoms. The average molecular weight is 188 g/mol. The zero-order chi connectivity index (χ0) is 9.97. The summed E-state index contributed by atoms with van der Waals surface area (Å²) in [5.74, 6) is 0.235. The van der Waals surface area contributed by atoms with Gasteiger partial charge in [0.1, 0.15) is 0 Å². The number of aryl methyl sites for hydroxylation is 1. The molecule has 0 aliphatic rings. The van der Waals surface area contributed by atoms with Gasteiger partial charge in [-0.05, 0) is 18.6 Å². The Morgan fingerprint density at radius 1 is 1.29 bits per heavy atom. The molecule has 0 atom stereocenters. The molecule has 0 saturated carbocycles. The van der Waals surface area contributed by atoms with Gasteiger partial charge in [0.05, 0.1) is 11.9 Å². The maximum Gasteiger partial charge on any atom is 0.217 e. The minimum absolute atomic E-state index is 0.235. The van der Waals surface area contributed by atoms with Crippen LogP contribution >= 0.6 is 0 Å². The summed E-state index contributed by atoms with van der Waals surface area (Å²) in [6, 6.07) is 9.59. The number of hydrogen-bond acceptors (Lipinski definition) is 2. The molecule has 0 aliphatic heterocycles. The zero-order valence-electron chi connectivity index (χ0n) is 8.01. The van der Waals surface area contributed by atoms with Crippen LogP contribution in [0.2, 0.25) is 0 Å². The number of benzene rings is 1. The number of aromatic hydroxyl groups is 1. The maximum absolute atomic E-state index is 9.78. The second-order valence-electron chi connectivity index (χ2n) is 3.09. The fourth-order valence-corrected chi connectivity index (χ4v) is 1.38. The quantitative estimate of drug-likeness (QED) is 0.784. The second kappa shape index (κ2) is 3.54. The van der Waals surface area contributed by atoms with Crippen LogP contribution in [0.3, 0.4) is 0 Å². The van der Waals surface area contributed by atoms with Crippen LogP contribution in [0.1, 0.15) is 12.5 Å². The van der Waals surface area contributed by atoms with Gasteiger partial charge in [-0.3, -0.25) is 0 Å². The van der Waals surface area contributed by atoms with Crippen molar-refractivity contribution in [2.24, 2.45) is 0 Å². The average Bonchev–Trinajstić information content (AvgIpc) is 2.61. The Hall–Kier alpha value is -1.77. The first-order valence-electron chi connectivity index (χ1n) is 4.64. The molecule has 2 aromatic rings. The Morgan fingerprint density at radius 3 is 2.57 bits per heavy atom. The van der Waals surface area contributed by atoms with Crippen LogP contribution in [-0.2, 0) is 6.42 Å². The molecule has 1 aromatic carbocycles. The van der Waals surface area contributed by atoms with Gasteiger partial charge in [-0.1, -0.05) is 25.1 Å². The maximum atomic E-state index is 9.78. The van der Waals surface area contributed by atoms with E-state index in [1.165, 1.54) is 0 Å². The molecular formula is C11H12N2O. The van der Waals surface area contributed by atoms with Gasteiger partial charge in [-0.15, -0.1) is 0 Å². The lowest BCUT2D eigenvalue weighted by Crippen LogP contribution is -1.94. The minimum atomic E-state index is 0.235. The van der Waals surface area contributed by atoms with Gasteiger partial charge in [-0.25, -0.2) is 4.68 Å². The van der Waals surface area contributed by atoms with Crippen molar-refractivity contribution in [3.05, 3.63) is 42.1 Å². The first-order valence-corrected chi connectivity index (χ1v) is 4.64. The van der Waals surface area contributed by atoms with E-state index in [0.717, 1.165) is 17.7 Å². The van der Waals surface area contributed by atoms with E-state index in [4.69, 9.17) is 0 Å². The summed E-state index contributed by atoms with van der Waals surface area (Å²) in [4.78, 5) is 0. The third-order valence-electron chi connectivity index (χ3n) is 2.20. The molecule has 0 radical (unpaired) electrons. The molecule has 14 heavy (non-hydrogen) atoms. The van der Waals surface area contributed by atoms with Gasteiger partial charge >= 0.3 is 0 Å². The first kappa shape index (κ1) is 8.81. The summed E-state index contributed by atoms with van der Waals surface area (Å²) < 4.78 is 1.54. The van der Waals surface area contributed by atoms with Gasteiger partial charge in [-0.2, -0.15) is 5.10 Å². The minimum Gasteiger partial charge on any atom is -0.493 e. The van der Waals surface area contributed by atoms with Crippen molar-refractivity contribution in [2.45, 2.75) is 13.3 Å². The fraction of sp³-hybridized carbons (Fsp3) is 0.182. The van der Waals surface area contributed by atoms with Crippen molar-refractivity contribution in [3.63, 3.8) is 0 Å². The number of para-hydroxylation sites is 1. The highest BCUT2D eigenvalue weighted by Crippen LogP contribution is 2.20. The van der Waals surface area contributed by atoms with E-state index >= 15 is 0 Å². The van der Waals surface area contributed by atoms with E-state index in [2.05, 4.69) is 5.10 Å². The van der Waals surface area contributed by atoms with E-state index in [0.29, 0.717) is 0 Å². The number of hydrogen-bond donors (Lipinski definition) is 1. The molecule has 0 amide bonds.